The average molecular weight is 225 g/mol. The molecule has 0 amide bonds. The van der Waals surface area contributed by atoms with Crippen molar-refractivity contribution < 1.29 is 0 Å². The molecule has 2 saturated heterocycles. The second-order valence-electron chi connectivity index (χ2n) is 5.80. The summed E-state index contributed by atoms with van der Waals surface area (Å²) in [7, 11) is 4.44. The maximum atomic E-state index is 3.62. The number of nitrogens with zero attached hydrogens (tertiary/aromatic N) is 2. The molecule has 3 heteroatoms. The Morgan fingerprint density at radius 3 is 2.62 bits per heavy atom. The van der Waals surface area contributed by atoms with Crippen LogP contribution in [0.5, 0.6) is 0 Å². The van der Waals surface area contributed by atoms with E-state index >= 15 is 0 Å². The fraction of sp³-hybridized carbons (Fsp3) is 1.00. The zero-order chi connectivity index (χ0) is 11.5. The van der Waals surface area contributed by atoms with Crippen molar-refractivity contribution in [1.29, 1.82) is 0 Å². The van der Waals surface area contributed by atoms with Crippen molar-refractivity contribution in [3.8, 4) is 0 Å². The molecule has 3 unspecified atom stereocenters. The van der Waals surface area contributed by atoms with E-state index in [9.17, 15) is 0 Å². The highest BCUT2D eigenvalue weighted by molar-refractivity contribution is 4.87. The highest BCUT2D eigenvalue weighted by Gasteiger charge is 2.28. The summed E-state index contributed by atoms with van der Waals surface area (Å²) in [4.78, 5) is 5.11. The number of piperidine rings is 2. The van der Waals surface area contributed by atoms with Gasteiger partial charge in [0, 0.05) is 31.2 Å². The van der Waals surface area contributed by atoms with E-state index in [0.29, 0.717) is 0 Å². The van der Waals surface area contributed by atoms with Gasteiger partial charge in [0.2, 0.25) is 0 Å². The highest BCUT2D eigenvalue weighted by atomic mass is 15.2. The first-order valence-corrected chi connectivity index (χ1v) is 6.80. The molecule has 0 saturated carbocycles. The lowest BCUT2D eigenvalue weighted by Crippen LogP contribution is -2.54. The molecule has 0 bridgehead atoms. The van der Waals surface area contributed by atoms with Crippen LogP contribution >= 0.6 is 0 Å². The van der Waals surface area contributed by atoms with Gasteiger partial charge in [-0.15, -0.1) is 0 Å². The monoisotopic (exact) mass is 225 g/mol. The molecule has 0 aliphatic carbocycles. The van der Waals surface area contributed by atoms with E-state index in [1.54, 1.807) is 0 Å². The summed E-state index contributed by atoms with van der Waals surface area (Å²) in [5.74, 6) is 0. The summed E-state index contributed by atoms with van der Waals surface area (Å²) in [6.45, 7) is 6.08. The van der Waals surface area contributed by atoms with Crippen molar-refractivity contribution in [1.82, 2.24) is 15.1 Å². The molecule has 0 aromatic rings. The van der Waals surface area contributed by atoms with Crippen LogP contribution in [-0.2, 0) is 0 Å². The van der Waals surface area contributed by atoms with E-state index in [2.05, 4.69) is 36.1 Å². The van der Waals surface area contributed by atoms with Crippen molar-refractivity contribution in [3.05, 3.63) is 0 Å². The van der Waals surface area contributed by atoms with Crippen LogP contribution in [0.3, 0.4) is 0 Å². The zero-order valence-corrected chi connectivity index (χ0v) is 11.1. The summed E-state index contributed by atoms with van der Waals surface area (Å²) >= 11 is 0. The molecule has 0 radical (unpaired) electrons. The molecule has 1 N–H and O–H groups in total. The summed E-state index contributed by atoms with van der Waals surface area (Å²) < 4.78 is 0. The van der Waals surface area contributed by atoms with Crippen molar-refractivity contribution in [2.24, 2.45) is 0 Å². The molecule has 2 heterocycles. The zero-order valence-electron chi connectivity index (χ0n) is 11.1. The molecule has 3 nitrogen and oxygen atoms in total. The largest absolute Gasteiger partial charge is 0.313 e. The van der Waals surface area contributed by atoms with Crippen LogP contribution < -0.4 is 5.32 Å². The van der Waals surface area contributed by atoms with Crippen LogP contribution in [0.1, 0.15) is 32.6 Å². The van der Waals surface area contributed by atoms with E-state index in [4.69, 9.17) is 0 Å². The van der Waals surface area contributed by atoms with Gasteiger partial charge in [-0.25, -0.2) is 0 Å². The number of hydrogen-bond acceptors (Lipinski definition) is 3. The van der Waals surface area contributed by atoms with Crippen molar-refractivity contribution >= 4 is 0 Å². The summed E-state index contributed by atoms with van der Waals surface area (Å²) in [6, 6.07) is 2.29. The minimum atomic E-state index is 0.727. The third-order valence-corrected chi connectivity index (χ3v) is 4.31. The normalized spacial score (nSPS) is 37.9. The summed E-state index contributed by atoms with van der Waals surface area (Å²) in [5, 5.41) is 3.62. The Kier molecular flexibility index (Phi) is 4.22. The highest BCUT2D eigenvalue weighted by Crippen LogP contribution is 2.20. The van der Waals surface area contributed by atoms with Gasteiger partial charge in [0.1, 0.15) is 0 Å². The first kappa shape index (κ1) is 12.3. The Hall–Kier alpha value is -0.120. The van der Waals surface area contributed by atoms with E-state index in [0.717, 1.165) is 18.1 Å². The van der Waals surface area contributed by atoms with Gasteiger partial charge in [-0.05, 0) is 53.2 Å². The third-order valence-electron chi connectivity index (χ3n) is 4.31. The molecule has 2 aliphatic rings. The molecular formula is C13H27N3. The number of likely N-dealkylation sites (tertiary alicyclic amines) is 1. The number of rotatable bonds is 2. The lowest BCUT2D eigenvalue weighted by atomic mass is 9.96. The van der Waals surface area contributed by atoms with Crippen molar-refractivity contribution in [2.45, 2.75) is 50.7 Å². The molecule has 2 fully saturated rings. The number of nitrogens with one attached hydrogen (secondary N) is 1. The summed E-state index contributed by atoms with van der Waals surface area (Å²) in [6.07, 6.45) is 5.47. The second-order valence-corrected chi connectivity index (χ2v) is 5.80. The van der Waals surface area contributed by atoms with Gasteiger partial charge in [-0.1, -0.05) is 0 Å². The molecule has 0 aromatic carbocycles. The van der Waals surface area contributed by atoms with Gasteiger partial charge in [0.15, 0.2) is 0 Å². The fourth-order valence-electron chi connectivity index (χ4n) is 3.03. The predicted molar refractivity (Wildman–Crippen MR) is 68.8 cm³/mol. The first-order chi connectivity index (χ1) is 7.66. The van der Waals surface area contributed by atoms with Crippen molar-refractivity contribution in [3.63, 3.8) is 0 Å². The van der Waals surface area contributed by atoms with E-state index in [1.807, 2.05) is 0 Å². The van der Waals surface area contributed by atoms with Gasteiger partial charge < -0.3 is 10.2 Å². The molecule has 16 heavy (non-hydrogen) atoms. The lowest BCUT2D eigenvalue weighted by molar-refractivity contribution is 0.0793. The van der Waals surface area contributed by atoms with Gasteiger partial charge >= 0.3 is 0 Å². The van der Waals surface area contributed by atoms with Gasteiger partial charge in [0.25, 0.3) is 0 Å². The molecular weight excluding hydrogens is 198 g/mol. The predicted octanol–water partition coefficient (Wildman–Crippen LogP) is 1.15. The van der Waals surface area contributed by atoms with Crippen LogP contribution in [0.25, 0.3) is 0 Å². The number of likely N-dealkylation sites (N-methyl/N-ethyl adjacent to an activating group) is 1. The Morgan fingerprint density at radius 2 is 2.00 bits per heavy atom. The molecule has 94 valence electrons. The topological polar surface area (TPSA) is 18.5 Å². The Balaban J connectivity index is 1.84. The van der Waals surface area contributed by atoms with Crippen LogP contribution in [0.15, 0.2) is 0 Å². The van der Waals surface area contributed by atoms with E-state index in [-0.39, 0.29) is 0 Å². The Bertz CT molecular complexity index is 209. The standard InChI is InChI=1S/C13H27N3/c1-11-6-7-12(9-14-11)16-8-4-5-13(10-16)15(2)3/h11-14H,4-10H2,1-3H3. The summed E-state index contributed by atoms with van der Waals surface area (Å²) in [5.41, 5.74) is 0. The van der Waals surface area contributed by atoms with Gasteiger partial charge in [0.05, 0.1) is 0 Å². The first-order valence-electron chi connectivity index (χ1n) is 6.80. The van der Waals surface area contributed by atoms with Crippen LogP contribution in [0.4, 0.5) is 0 Å². The van der Waals surface area contributed by atoms with Crippen LogP contribution in [0.2, 0.25) is 0 Å². The Morgan fingerprint density at radius 1 is 1.19 bits per heavy atom. The second kappa shape index (κ2) is 5.48. The molecule has 0 aromatic heterocycles. The fourth-order valence-corrected chi connectivity index (χ4v) is 3.03. The number of hydrogen-bond donors (Lipinski definition) is 1. The minimum absolute atomic E-state index is 0.727. The van der Waals surface area contributed by atoms with Gasteiger partial charge in [-0.3, -0.25) is 4.90 Å². The SMILES string of the molecule is CC1CCC(N2CCCC(N(C)C)C2)CN1. The Labute approximate surface area is 100 Å². The average Bonchev–Trinajstić information content (AvgIpc) is 2.30. The molecule has 2 rings (SSSR count). The smallest absolute Gasteiger partial charge is 0.0221 e. The minimum Gasteiger partial charge on any atom is -0.313 e. The lowest BCUT2D eigenvalue weighted by Gasteiger charge is -2.42. The molecule has 3 atom stereocenters. The maximum absolute atomic E-state index is 3.62. The van der Waals surface area contributed by atoms with E-state index in [1.165, 1.54) is 45.3 Å². The molecule has 0 spiro atoms. The third kappa shape index (κ3) is 2.96. The maximum Gasteiger partial charge on any atom is 0.0221 e. The van der Waals surface area contributed by atoms with E-state index < -0.39 is 0 Å². The molecule has 2 aliphatic heterocycles. The van der Waals surface area contributed by atoms with Gasteiger partial charge in [-0.2, -0.15) is 0 Å². The van der Waals surface area contributed by atoms with Crippen LogP contribution in [0, 0.1) is 0 Å². The quantitative estimate of drug-likeness (QED) is 0.760. The van der Waals surface area contributed by atoms with Crippen LogP contribution in [-0.4, -0.2) is 61.7 Å². The van der Waals surface area contributed by atoms with Crippen molar-refractivity contribution in [2.75, 3.05) is 33.7 Å².